The van der Waals surface area contributed by atoms with Crippen molar-refractivity contribution in [1.82, 2.24) is 20.5 Å². The summed E-state index contributed by atoms with van der Waals surface area (Å²) < 4.78 is 58.3. The highest BCUT2D eigenvalue weighted by Gasteiger charge is 2.44. The van der Waals surface area contributed by atoms with Gasteiger partial charge in [-0.2, -0.15) is 17.6 Å². The van der Waals surface area contributed by atoms with Crippen molar-refractivity contribution in [2.24, 2.45) is 0 Å². The number of benzene rings is 2. The fourth-order valence-electron chi connectivity index (χ4n) is 3.76. The van der Waals surface area contributed by atoms with E-state index in [4.69, 9.17) is 0 Å². The molecule has 38 heavy (non-hydrogen) atoms. The van der Waals surface area contributed by atoms with Gasteiger partial charge in [0, 0.05) is 17.0 Å². The van der Waals surface area contributed by atoms with E-state index in [1.807, 2.05) is 36.4 Å². The summed E-state index contributed by atoms with van der Waals surface area (Å²) in [6.07, 6.45) is -6.94. The second-order valence-electron chi connectivity index (χ2n) is 8.07. The molecule has 0 aliphatic heterocycles. The van der Waals surface area contributed by atoms with Crippen molar-refractivity contribution in [2.75, 3.05) is 5.32 Å². The Morgan fingerprint density at radius 2 is 1.84 bits per heavy atom. The van der Waals surface area contributed by atoms with Gasteiger partial charge in [0.15, 0.2) is 0 Å². The number of anilines is 1. The number of alkyl halides is 5. The lowest BCUT2D eigenvalue weighted by molar-refractivity contribution is -0.253. The lowest BCUT2D eigenvalue weighted by Crippen LogP contribution is -2.50. The second kappa shape index (κ2) is 12.0. The maximum Gasteiger partial charge on any atom is 0.461 e. The highest BCUT2D eigenvalue weighted by molar-refractivity contribution is 14.1. The molecule has 0 aliphatic rings. The number of urea groups is 1. The van der Waals surface area contributed by atoms with E-state index in [1.54, 1.807) is 18.3 Å². The first-order chi connectivity index (χ1) is 18.2. The number of nitrogens with zero attached hydrogens (tertiary/aromatic N) is 3. The lowest BCUT2D eigenvalue weighted by Gasteiger charge is -2.35. The molecule has 0 unspecified atom stereocenters. The van der Waals surface area contributed by atoms with E-state index >= 15 is 0 Å². The number of rotatable bonds is 10. The Morgan fingerprint density at radius 3 is 2.47 bits per heavy atom. The van der Waals surface area contributed by atoms with Gasteiger partial charge in [0.25, 0.3) is 0 Å². The van der Waals surface area contributed by atoms with Crippen LogP contribution in [0.25, 0.3) is 0 Å². The van der Waals surface area contributed by atoms with E-state index < -0.39 is 29.9 Å². The van der Waals surface area contributed by atoms with Crippen LogP contribution in [-0.2, 0) is 16.4 Å². The zero-order valence-electron chi connectivity index (χ0n) is 19.5. The first-order valence-corrected chi connectivity index (χ1v) is 13.5. The van der Waals surface area contributed by atoms with Gasteiger partial charge in [-0.05, 0) is 34.9 Å². The van der Waals surface area contributed by atoms with Crippen molar-refractivity contribution in [3.63, 3.8) is 0 Å². The molecule has 0 saturated heterocycles. The van der Waals surface area contributed by atoms with E-state index in [0.29, 0.717) is 10.1 Å². The standard InChI is InChI=1S/C25H20F4IN5O2S/c26-21(27)25(28,29)37-19-8-4-7-18(11-19)24(12-16-5-2-1-3-6-16,20-10-9-17(13-30)14-31-20)34-22(36)33-23-35-32-15-38-23/h1-11,14-15,21H,12-13H2,(H2,33,34,35,36)/t24-/m0/s1. The Kier molecular flexibility index (Phi) is 8.76. The number of ether oxygens (including phenoxy) is 1. The van der Waals surface area contributed by atoms with E-state index in [0.717, 1.165) is 28.5 Å². The van der Waals surface area contributed by atoms with E-state index in [-0.39, 0.29) is 17.1 Å². The van der Waals surface area contributed by atoms with Crippen molar-refractivity contribution >= 4 is 45.1 Å². The van der Waals surface area contributed by atoms with Gasteiger partial charge in [-0.1, -0.05) is 82.5 Å². The molecule has 0 fully saturated rings. The second-order valence-corrected chi connectivity index (χ2v) is 9.66. The molecular weight excluding hydrogens is 637 g/mol. The Hall–Kier alpha value is -3.33. The SMILES string of the molecule is O=C(Nc1nncs1)N[C@@](Cc1ccccc1)(c1cccc(OC(F)(F)C(F)F)c1)c1ccc(CI)cn1. The average molecular weight is 657 g/mol. The molecule has 0 spiro atoms. The van der Waals surface area contributed by atoms with Crippen LogP contribution in [0.2, 0.25) is 0 Å². The fourth-order valence-corrected chi connectivity index (χ4v) is 4.65. The summed E-state index contributed by atoms with van der Waals surface area (Å²) in [6.45, 7) is 0. The van der Waals surface area contributed by atoms with Crippen LogP contribution in [0.3, 0.4) is 0 Å². The predicted molar refractivity (Wildman–Crippen MR) is 143 cm³/mol. The van der Waals surface area contributed by atoms with Crippen LogP contribution in [0.4, 0.5) is 27.5 Å². The fraction of sp³-hybridized carbons (Fsp3) is 0.200. The number of carbonyl (C=O) groups excluding carboxylic acids is 1. The summed E-state index contributed by atoms with van der Waals surface area (Å²) in [5, 5.41) is 13.3. The molecule has 2 aromatic heterocycles. The minimum atomic E-state index is -4.70. The number of pyridine rings is 1. The molecule has 0 radical (unpaired) electrons. The van der Waals surface area contributed by atoms with Crippen LogP contribution in [0, 0.1) is 0 Å². The summed E-state index contributed by atoms with van der Waals surface area (Å²) >= 11 is 3.29. The van der Waals surface area contributed by atoms with Crippen molar-refractivity contribution in [2.45, 2.75) is 28.9 Å². The minimum Gasteiger partial charge on any atom is -0.428 e. The van der Waals surface area contributed by atoms with Crippen LogP contribution < -0.4 is 15.4 Å². The minimum absolute atomic E-state index is 0.142. The molecule has 2 aromatic carbocycles. The van der Waals surface area contributed by atoms with E-state index in [9.17, 15) is 22.4 Å². The van der Waals surface area contributed by atoms with Crippen LogP contribution in [0.15, 0.2) is 78.4 Å². The molecule has 0 bridgehead atoms. The van der Waals surface area contributed by atoms with Gasteiger partial charge in [0.1, 0.15) is 16.8 Å². The number of hydrogen-bond donors (Lipinski definition) is 2. The van der Waals surface area contributed by atoms with Gasteiger partial charge >= 0.3 is 18.6 Å². The molecule has 13 heteroatoms. The molecule has 1 atom stereocenters. The third kappa shape index (κ3) is 6.56. The Bertz CT molecular complexity index is 1350. The third-order valence-electron chi connectivity index (χ3n) is 5.47. The first-order valence-electron chi connectivity index (χ1n) is 11.1. The maximum atomic E-state index is 13.8. The third-order valence-corrected chi connectivity index (χ3v) is 6.96. The van der Waals surface area contributed by atoms with E-state index in [2.05, 4.69) is 53.1 Å². The summed E-state index contributed by atoms with van der Waals surface area (Å²) in [6, 6.07) is 17.3. The normalized spacial score (nSPS) is 13.1. The molecular formula is C25H20F4IN5O2S. The number of amides is 2. The van der Waals surface area contributed by atoms with Gasteiger partial charge < -0.3 is 10.1 Å². The monoisotopic (exact) mass is 657 g/mol. The number of carbonyl (C=O) groups is 1. The summed E-state index contributed by atoms with van der Waals surface area (Å²) in [5.74, 6) is -0.500. The largest absolute Gasteiger partial charge is 0.461 e. The molecule has 2 N–H and O–H groups in total. The van der Waals surface area contributed by atoms with Gasteiger partial charge in [-0.25, -0.2) is 4.79 Å². The lowest BCUT2D eigenvalue weighted by atomic mass is 9.80. The zero-order valence-corrected chi connectivity index (χ0v) is 22.4. The highest BCUT2D eigenvalue weighted by Crippen LogP contribution is 2.36. The molecule has 2 heterocycles. The molecule has 0 saturated carbocycles. The summed E-state index contributed by atoms with van der Waals surface area (Å²) in [7, 11) is 0. The summed E-state index contributed by atoms with van der Waals surface area (Å²) in [4.78, 5) is 17.8. The quantitative estimate of drug-likeness (QED) is 0.117. The molecule has 0 aliphatic carbocycles. The zero-order chi connectivity index (χ0) is 27.2. The molecule has 198 valence electrons. The summed E-state index contributed by atoms with van der Waals surface area (Å²) in [5.41, 5.74) is 2.40. The van der Waals surface area contributed by atoms with Crippen LogP contribution >= 0.6 is 33.9 Å². The maximum absolute atomic E-state index is 13.8. The smallest absolute Gasteiger partial charge is 0.428 e. The van der Waals surface area contributed by atoms with Crippen LogP contribution in [0.5, 0.6) is 5.75 Å². The predicted octanol–water partition coefficient (Wildman–Crippen LogP) is 6.41. The molecule has 2 amide bonds. The Morgan fingerprint density at radius 1 is 1.05 bits per heavy atom. The average Bonchev–Trinajstić information content (AvgIpc) is 3.41. The topological polar surface area (TPSA) is 89.0 Å². The van der Waals surface area contributed by atoms with Gasteiger partial charge in [-0.3, -0.25) is 10.3 Å². The van der Waals surface area contributed by atoms with Gasteiger partial charge in [0.2, 0.25) is 5.13 Å². The van der Waals surface area contributed by atoms with Crippen molar-refractivity contribution in [1.29, 1.82) is 0 Å². The van der Waals surface area contributed by atoms with Crippen molar-refractivity contribution in [3.8, 4) is 5.75 Å². The number of halogens is 5. The van der Waals surface area contributed by atoms with E-state index in [1.165, 1.54) is 17.6 Å². The molecule has 4 aromatic rings. The van der Waals surface area contributed by atoms with Crippen LogP contribution in [-0.4, -0.2) is 33.7 Å². The Balaban J connectivity index is 1.85. The van der Waals surface area contributed by atoms with Crippen molar-refractivity contribution in [3.05, 3.63) is 101 Å². The Labute approximate surface area is 232 Å². The van der Waals surface area contributed by atoms with Gasteiger partial charge in [0.05, 0.1) is 5.69 Å². The number of aromatic nitrogens is 3. The highest BCUT2D eigenvalue weighted by atomic mass is 127. The van der Waals surface area contributed by atoms with Gasteiger partial charge in [-0.15, -0.1) is 10.2 Å². The molecule has 4 rings (SSSR count). The number of hydrogen-bond acceptors (Lipinski definition) is 6. The van der Waals surface area contributed by atoms with Crippen molar-refractivity contribution < 1.29 is 27.1 Å². The molecule has 7 nitrogen and oxygen atoms in total. The number of nitrogens with one attached hydrogen (secondary N) is 2. The first kappa shape index (κ1) is 27.7. The van der Waals surface area contributed by atoms with Crippen LogP contribution in [0.1, 0.15) is 22.4 Å².